The van der Waals surface area contributed by atoms with Gasteiger partial charge in [0.05, 0.1) is 61.0 Å². The van der Waals surface area contributed by atoms with Gasteiger partial charge in [-0.2, -0.15) is 0 Å². The van der Waals surface area contributed by atoms with Gasteiger partial charge in [-0.25, -0.2) is 0 Å². The Labute approximate surface area is 384 Å². The summed E-state index contributed by atoms with van der Waals surface area (Å²) in [7, 11) is 4.81. The summed E-state index contributed by atoms with van der Waals surface area (Å²) >= 11 is 0. The fourth-order valence-corrected chi connectivity index (χ4v) is 13.8. The number of fused-ring (bicyclic) bond motifs is 5. The average molecular weight is 927 g/mol. The molecule has 4 heterocycles. The van der Waals surface area contributed by atoms with E-state index in [4.69, 9.17) is 52.1 Å². The number of aliphatic hydroxyl groups excluding tert-OH is 3. The first-order chi connectivity index (χ1) is 30.7. The normalized spacial score (nSPS) is 53.7. The molecule has 0 aromatic carbocycles. The number of aliphatic hydroxyl groups is 5. The van der Waals surface area contributed by atoms with Crippen LogP contribution in [0.1, 0.15) is 119 Å². The maximum absolute atomic E-state index is 12.7. The summed E-state index contributed by atoms with van der Waals surface area (Å²) in [6, 6.07) is 0. The number of methoxy groups -OCH3 is 3. The molecular weight excluding hydrogens is 849 g/mol. The molecule has 4 aliphatic carbocycles. The van der Waals surface area contributed by atoms with E-state index in [0.29, 0.717) is 51.4 Å². The molecule has 0 aromatic rings. The predicted octanol–water partition coefficient (Wildman–Crippen LogP) is 3.20. The van der Waals surface area contributed by atoms with Crippen molar-refractivity contribution in [2.75, 3.05) is 21.3 Å². The Hall–Kier alpha value is -1.23. The molecule has 0 radical (unpaired) electrons. The van der Waals surface area contributed by atoms with Crippen LogP contribution in [-0.4, -0.2) is 174 Å². The number of ether oxygens (including phenoxy) is 11. The minimum absolute atomic E-state index is 0.0612. The quantitative estimate of drug-likeness (QED) is 0.178. The van der Waals surface area contributed by atoms with Crippen LogP contribution in [0.3, 0.4) is 0 Å². The maximum atomic E-state index is 12.7. The van der Waals surface area contributed by atoms with Gasteiger partial charge in [-0.1, -0.05) is 25.5 Å². The number of hydrogen-bond acceptors (Lipinski definition) is 17. The van der Waals surface area contributed by atoms with Gasteiger partial charge in [-0.05, 0) is 85.0 Å². The van der Waals surface area contributed by atoms with Crippen LogP contribution in [0.2, 0.25) is 0 Å². The molecule has 4 aliphatic heterocycles. The summed E-state index contributed by atoms with van der Waals surface area (Å²) in [5.41, 5.74) is -3.53. The highest BCUT2D eigenvalue weighted by Crippen LogP contribution is 2.69. The van der Waals surface area contributed by atoms with Crippen LogP contribution in [0.4, 0.5) is 0 Å². The van der Waals surface area contributed by atoms with Crippen molar-refractivity contribution >= 4 is 5.78 Å². The molecule has 372 valence electrons. The van der Waals surface area contributed by atoms with E-state index < -0.39 is 126 Å². The lowest BCUT2D eigenvalue weighted by atomic mass is 9.43. The lowest BCUT2D eigenvalue weighted by Crippen LogP contribution is -2.75. The number of Topliss-reactive ketones (excluding diaryl/α,β-unsaturated/α-hetero) is 1. The van der Waals surface area contributed by atoms with Gasteiger partial charge >= 0.3 is 0 Å². The summed E-state index contributed by atoms with van der Waals surface area (Å²) in [6.07, 6.45) is -3.54. The summed E-state index contributed by atoms with van der Waals surface area (Å²) in [5.74, 6) is -0.961. The van der Waals surface area contributed by atoms with E-state index in [9.17, 15) is 30.3 Å². The minimum Gasteiger partial charge on any atom is -0.392 e. The first kappa shape index (κ1) is 50.2. The molecule has 0 amide bonds. The summed E-state index contributed by atoms with van der Waals surface area (Å²) in [6.45, 7) is 12.9. The lowest BCUT2D eigenvalue weighted by molar-refractivity contribution is -0.346. The van der Waals surface area contributed by atoms with E-state index in [1.165, 1.54) is 6.92 Å². The zero-order valence-electron chi connectivity index (χ0n) is 40.0. The van der Waals surface area contributed by atoms with Gasteiger partial charge in [-0.3, -0.25) is 4.79 Å². The largest absolute Gasteiger partial charge is 0.392 e. The van der Waals surface area contributed by atoms with Crippen molar-refractivity contribution in [2.45, 2.75) is 241 Å². The molecule has 17 heteroatoms. The highest BCUT2D eigenvalue weighted by atomic mass is 16.8. The van der Waals surface area contributed by atoms with Gasteiger partial charge in [0.25, 0.3) is 0 Å². The van der Waals surface area contributed by atoms with Crippen LogP contribution in [-0.2, 0) is 56.9 Å². The number of carbonyl (C=O) groups excluding carboxylic acids is 1. The molecule has 8 aliphatic rings. The van der Waals surface area contributed by atoms with Crippen LogP contribution in [0, 0.1) is 22.7 Å². The molecule has 4 saturated heterocycles. The third-order valence-electron chi connectivity index (χ3n) is 17.7. The minimum atomic E-state index is -1.59. The van der Waals surface area contributed by atoms with Crippen molar-refractivity contribution in [3.63, 3.8) is 0 Å². The first-order valence-electron chi connectivity index (χ1n) is 24.2. The van der Waals surface area contributed by atoms with E-state index in [1.807, 2.05) is 20.8 Å². The second-order valence-electron chi connectivity index (χ2n) is 21.1. The monoisotopic (exact) mass is 927 g/mol. The van der Waals surface area contributed by atoms with Crippen LogP contribution in [0.15, 0.2) is 11.6 Å². The van der Waals surface area contributed by atoms with E-state index in [-0.39, 0.29) is 43.2 Å². The first-order valence-corrected chi connectivity index (χ1v) is 24.2. The van der Waals surface area contributed by atoms with Crippen molar-refractivity contribution in [1.29, 1.82) is 0 Å². The predicted molar refractivity (Wildman–Crippen MR) is 230 cm³/mol. The Morgan fingerprint density at radius 2 is 1.17 bits per heavy atom. The molecule has 24 atom stereocenters. The molecule has 0 bridgehead atoms. The molecule has 0 spiro atoms. The van der Waals surface area contributed by atoms with Crippen LogP contribution >= 0.6 is 0 Å². The van der Waals surface area contributed by atoms with Gasteiger partial charge in [0.1, 0.15) is 41.4 Å². The molecular formula is C48H78O17. The van der Waals surface area contributed by atoms with E-state index in [1.54, 1.807) is 35.2 Å². The zero-order chi connectivity index (χ0) is 47.0. The second-order valence-corrected chi connectivity index (χ2v) is 21.1. The Morgan fingerprint density at radius 1 is 0.662 bits per heavy atom. The molecule has 7 fully saturated rings. The van der Waals surface area contributed by atoms with Gasteiger partial charge in [0, 0.05) is 64.3 Å². The Morgan fingerprint density at radius 3 is 1.71 bits per heavy atom. The molecule has 8 rings (SSSR count). The SMILES string of the molecule is CO[C@H]1C[C@H](O[C@@H]2[C@@H](C)O[C@@H](O[C@H]3[C@@H](O)C[C@H](O[C@H]4CC[C@@]5(C)C(=CC[C@]6(O)[C@@H]5C[C@@H](O)[C@]5(C)[C@@H](C(C)=O)CC[C@@]56O)C4)O[C@@H]3C)C[C@H]2OC)O[C@H](C)[C@H]1O[C@H]1C[C@@H](OC)[C@H](O)[C@@H](C)O1. The van der Waals surface area contributed by atoms with Crippen molar-refractivity contribution < 1.29 is 82.4 Å². The van der Waals surface area contributed by atoms with Crippen molar-refractivity contribution in [2.24, 2.45) is 22.7 Å². The van der Waals surface area contributed by atoms with Crippen LogP contribution in [0.5, 0.6) is 0 Å². The van der Waals surface area contributed by atoms with Crippen LogP contribution in [0.25, 0.3) is 0 Å². The topological polar surface area (TPSA) is 220 Å². The lowest BCUT2D eigenvalue weighted by Gasteiger charge is -2.66. The van der Waals surface area contributed by atoms with Gasteiger partial charge < -0.3 is 77.6 Å². The molecule has 17 nitrogen and oxygen atoms in total. The molecule has 65 heavy (non-hydrogen) atoms. The summed E-state index contributed by atoms with van der Waals surface area (Å²) in [5, 5.41) is 58.4. The number of carbonyl (C=O) groups is 1. The second kappa shape index (κ2) is 19.2. The molecule has 5 N–H and O–H groups in total. The standard InChI is InChI=1S/C48H78O17/c1-23(49)30-13-16-48(54)46(30,7)36(51)22-35-45(6)14-12-29(17-28(45)11-15-47(35,48)53)62-37-18-31(50)42(25(3)59-37)63-39-20-33(56-9)44(26(4)60-39)65-40-21-34(57-10)43(27(5)61-40)64-38-19-32(55-8)41(52)24(2)58-38/h11,24-27,29-44,50-54H,12-22H2,1-10H3/t24-,25-,26-,27-,29+,30-,31+,32-,33-,34+,35-,36-,37+,38+,39+,40+,41-,42-,43-,44-,45+,46+,47+,48-/m1/s1. The van der Waals surface area contributed by atoms with Gasteiger partial charge in [0.2, 0.25) is 0 Å². The maximum Gasteiger partial charge on any atom is 0.161 e. The number of ketones is 1. The third kappa shape index (κ3) is 8.75. The summed E-state index contributed by atoms with van der Waals surface area (Å²) in [4.78, 5) is 12.7. The van der Waals surface area contributed by atoms with E-state index in [2.05, 4.69) is 13.0 Å². The molecule has 3 saturated carbocycles. The Kier molecular flexibility index (Phi) is 14.8. The summed E-state index contributed by atoms with van der Waals surface area (Å²) < 4.78 is 68.2. The van der Waals surface area contributed by atoms with Gasteiger partial charge in [0.15, 0.2) is 25.2 Å². The molecule has 0 unspecified atom stereocenters. The molecule has 0 aromatic heterocycles. The van der Waals surface area contributed by atoms with E-state index >= 15 is 0 Å². The average Bonchev–Trinajstić information content (AvgIpc) is 3.56. The third-order valence-corrected chi connectivity index (χ3v) is 17.7. The number of hydrogen-bond donors (Lipinski definition) is 5. The Bertz CT molecular complexity index is 1690. The highest BCUT2D eigenvalue weighted by molar-refractivity contribution is 5.80. The fraction of sp³-hybridized carbons (Fsp3) is 0.938. The highest BCUT2D eigenvalue weighted by Gasteiger charge is 2.76. The smallest absolute Gasteiger partial charge is 0.161 e. The van der Waals surface area contributed by atoms with Crippen LogP contribution < -0.4 is 0 Å². The number of rotatable bonds is 12. The van der Waals surface area contributed by atoms with Crippen molar-refractivity contribution in [1.82, 2.24) is 0 Å². The van der Waals surface area contributed by atoms with Crippen molar-refractivity contribution in [3.05, 3.63) is 11.6 Å². The zero-order valence-corrected chi connectivity index (χ0v) is 40.0. The fourth-order valence-electron chi connectivity index (χ4n) is 13.8. The van der Waals surface area contributed by atoms with Gasteiger partial charge in [-0.15, -0.1) is 0 Å². The van der Waals surface area contributed by atoms with Crippen molar-refractivity contribution in [3.8, 4) is 0 Å². The van der Waals surface area contributed by atoms with E-state index in [0.717, 1.165) is 5.57 Å². The Balaban J connectivity index is 0.830.